The van der Waals surface area contributed by atoms with E-state index in [4.69, 9.17) is 0 Å². The van der Waals surface area contributed by atoms with Gasteiger partial charge in [0, 0.05) is 17.6 Å². The summed E-state index contributed by atoms with van der Waals surface area (Å²) in [5.74, 6) is 0.389. The maximum absolute atomic E-state index is 9.80. The monoisotopic (exact) mass is 234 g/mol. The summed E-state index contributed by atoms with van der Waals surface area (Å²) in [7, 11) is 2.17. The Kier molecular flexibility index (Phi) is 4.02. The number of piperidine rings is 1. The number of hydrogen-bond acceptors (Lipinski definition) is 3. The normalized spacial score (nSPS) is 20.4. The summed E-state index contributed by atoms with van der Waals surface area (Å²) >= 11 is 0. The number of phenolic OH excluding ortho intramolecular Hbond substituents is 1. The summed E-state index contributed by atoms with van der Waals surface area (Å²) < 4.78 is 0. The topological polar surface area (TPSA) is 35.5 Å². The Labute approximate surface area is 103 Å². The Morgan fingerprint density at radius 2 is 1.94 bits per heavy atom. The molecule has 94 valence electrons. The van der Waals surface area contributed by atoms with Crippen LogP contribution in [-0.2, 0) is 0 Å². The molecule has 1 aromatic rings. The highest BCUT2D eigenvalue weighted by molar-refractivity contribution is 5.34. The molecule has 0 saturated carbocycles. The molecule has 1 unspecified atom stereocenters. The number of benzene rings is 1. The number of phenols is 1. The summed E-state index contributed by atoms with van der Waals surface area (Å²) in [5, 5.41) is 13.4. The molecule has 1 aromatic carbocycles. The Hall–Kier alpha value is -1.06. The van der Waals surface area contributed by atoms with E-state index >= 15 is 0 Å². The SMILES string of the molecule is CC(NC1CCN(C)CC1)c1ccccc1O. The first-order chi connectivity index (χ1) is 8.16. The second kappa shape index (κ2) is 5.52. The van der Waals surface area contributed by atoms with Gasteiger partial charge in [0.15, 0.2) is 0 Å². The van der Waals surface area contributed by atoms with Crippen LogP contribution in [0.3, 0.4) is 0 Å². The van der Waals surface area contributed by atoms with Gasteiger partial charge in [-0.25, -0.2) is 0 Å². The van der Waals surface area contributed by atoms with Crippen molar-refractivity contribution in [3.05, 3.63) is 29.8 Å². The molecule has 2 N–H and O–H groups in total. The molecule has 1 heterocycles. The fourth-order valence-electron chi connectivity index (χ4n) is 2.47. The van der Waals surface area contributed by atoms with Crippen LogP contribution < -0.4 is 5.32 Å². The van der Waals surface area contributed by atoms with Crippen molar-refractivity contribution in [2.75, 3.05) is 20.1 Å². The van der Waals surface area contributed by atoms with Crippen molar-refractivity contribution in [1.29, 1.82) is 0 Å². The van der Waals surface area contributed by atoms with Crippen LogP contribution in [0.15, 0.2) is 24.3 Å². The third kappa shape index (κ3) is 3.20. The number of para-hydroxylation sites is 1. The van der Waals surface area contributed by atoms with Gasteiger partial charge in [-0.2, -0.15) is 0 Å². The average Bonchev–Trinajstić information content (AvgIpc) is 2.32. The second-order valence-electron chi connectivity index (χ2n) is 5.02. The first-order valence-electron chi connectivity index (χ1n) is 6.39. The molecule has 0 aliphatic carbocycles. The molecule has 0 spiro atoms. The first kappa shape index (κ1) is 12.4. The molecule has 2 rings (SSSR count). The summed E-state index contributed by atoms with van der Waals surface area (Å²) in [6.07, 6.45) is 2.38. The van der Waals surface area contributed by atoms with Crippen molar-refractivity contribution in [2.24, 2.45) is 0 Å². The van der Waals surface area contributed by atoms with Crippen molar-refractivity contribution in [3.63, 3.8) is 0 Å². The Morgan fingerprint density at radius 3 is 2.59 bits per heavy atom. The lowest BCUT2D eigenvalue weighted by molar-refractivity contribution is 0.226. The van der Waals surface area contributed by atoms with E-state index in [1.807, 2.05) is 18.2 Å². The van der Waals surface area contributed by atoms with E-state index in [9.17, 15) is 5.11 Å². The third-order valence-corrected chi connectivity index (χ3v) is 3.61. The lowest BCUT2D eigenvalue weighted by Crippen LogP contribution is -2.41. The van der Waals surface area contributed by atoms with E-state index in [-0.39, 0.29) is 6.04 Å². The molecule has 3 nitrogen and oxygen atoms in total. The highest BCUT2D eigenvalue weighted by atomic mass is 16.3. The van der Waals surface area contributed by atoms with Crippen LogP contribution in [0.25, 0.3) is 0 Å². The molecule has 1 atom stereocenters. The Balaban J connectivity index is 1.93. The van der Waals surface area contributed by atoms with Crippen molar-refractivity contribution >= 4 is 0 Å². The Morgan fingerprint density at radius 1 is 1.29 bits per heavy atom. The van der Waals surface area contributed by atoms with E-state index in [0.29, 0.717) is 11.8 Å². The third-order valence-electron chi connectivity index (χ3n) is 3.61. The fraction of sp³-hybridized carbons (Fsp3) is 0.571. The molecule has 17 heavy (non-hydrogen) atoms. The molecule has 3 heteroatoms. The van der Waals surface area contributed by atoms with Gasteiger partial charge in [0.2, 0.25) is 0 Å². The minimum absolute atomic E-state index is 0.213. The highest BCUT2D eigenvalue weighted by Crippen LogP contribution is 2.24. The van der Waals surface area contributed by atoms with Gasteiger partial charge < -0.3 is 15.3 Å². The van der Waals surface area contributed by atoms with Crippen LogP contribution in [0.2, 0.25) is 0 Å². The van der Waals surface area contributed by atoms with Crippen LogP contribution >= 0.6 is 0 Å². The van der Waals surface area contributed by atoms with Crippen LogP contribution in [0.4, 0.5) is 0 Å². The summed E-state index contributed by atoms with van der Waals surface area (Å²) in [4.78, 5) is 2.36. The van der Waals surface area contributed by atoms with Crippen LogP contribution in [0.1, 0.15) is 31.4 Å². The van der Waals surface area contributed by atoms with Crippen LogP contribution in [0, 0.1) is 0 Å². The smallest absolute Gasteiger partial charge is 0.120 e. The van der Waals surface area contributed by atoms with E-state index in [2.05, 4.69) is 24.2 Å². The average molecular weight is 234 g/mol. The van der Waals surface area contributed by atoms with Crippen LogP contribution in [-0.4, -0.2) is 36.2 Å². The van der Waals surface area contributed by atoms with Crippen LogP contribution in [0.5, 0.6) is 5.75 Å². The second-order valence-corrected chi connectivity index (χ2v) is 5.02. The quantitative estimate of drug-likeness (QED) is 0.841. The van der Waals surface area contributed by atoms with Gasteiger partial charge >= 0.3 is 0 Å². The zero-order valence-corrected chi connectivity index (χ0v) is 10.7. The maximum atomic E-state index is 9.80. The highest BCUT2D eigenvalue weighted by Gasteiger charge is 2.19. The number of likely N-dealkylation sites (tertiary alicyclic amines) is 1. The molecule has 0 aromatic heterocycles. The minimum atomic E-state index is 0.213. The largest absolute Gasteiger partial charge is 0.508 e. The summed E-state index contributed by atoms with van der Waals surface area (Å²) in [6.45, 7) is 4.43. The molecular weight excluding hydrogens is 212 g/mol. The molecule has 1 fully saturated rings. The maximum Gasteiger partial charge on any atom is 0.120 e. The number of nitrogens with one attached hydrogen (secondary N) is 1. The molecule has 0 amide bonds. The van der Waals surface area contributed by atoms with E-state index < -0.39 is 0 Å². The van der Waals surface area contributed by atoms with Gasteiger partial charge in [0.25, 0.3) is 0 Å². The molecule has 1 saturated heterocycles. The van der Waals surface area contributed by atoms with Crippen molar-refractivity contribution in [1.82, 2.24) is 10.2 Å². The predicted molar refractivity (Wildman–Crippen MR) is 70.2 cm³/mol. The van der Waals surface area contributed by atoms with Gasteiger partial charge in [-0.05, 0) is 46.0 Å². The number of aromatic hydroxyl groups is 1. The summed E-state index contributed by atoms with van der Waals surface area (Å²) in [6, 6.07) is 8.36. The van der Waals surface area contributed by atoms with Crippen molar-refractivity contribution in [3.8, 4) is 5.75 Å². The molecule has 0 bridgehead atoms. The number of rotatable bonds is 3. The number of nitrogens with zero attached hydrogens (tertiary/aromatic N) is 1. The van der Waals surface area contributed by atoms with E-state index in [1.54, 1.807) is 6.07 Å². The molecular formula is C14H22N2O. The standard InChI is InChI=1S/C14H22N2O/c1-11(13-5-3-4-6-14(13)17)15-12-7-9-16(2)10-8-12/h3-6,11-12,15,17H,7-10H2,1-2H3. The Bertz CT molecular complexity index is 359. The van der Waals surface area contributed by atoms with Crippen molar-refractivity contribution in [2.45, 2.75) is 31.8 Å². The van der Waals surface area contributed by atoms with E-state index in [0.717, 1.165) is 18.7 Å². The van der Waals surface area contributed by atoms with Gasteiger partial charge in [0.05, 0.1) is 0 Å². The fourth-order valence-corrected chi connectivity index (χ4v) is 2.47. The summed E-state index contributed by atoms with van der Waals surface area (Å²) in [5.41, 5.74) is 0.992. The number of hydrogen-bond donors (Lipinski definition) is 2. The molecule has 1 aliphatic rings. The zero-order chi connectivity index (χ0) is 12.3. The van der Waals surface area contributed by atoms with Crippen molar-refractivity contribution < 1.29 is 5.11 Å². The van der Waals surface area contributed by atoms with Gasteiger partial charge in [-0.3, -0.25) is 0 Å². The van der Waals surface area contributed by atoms with E-state index in [1.165, 1.54) is 12.8 Å². The molecule has 1 aliphatic heterocycles. The minimum Gasteiger partial charge on any atom is -0.508 e. The van der Waals surface area contributed by atoms with Gasteiger partial charge in [-0.1, -0.05) is 18.2 Å². The zero-order valence-electron chi connectivity index (χ0n) is 10.7. The lowest BCUT2D eigenvalue weighted by Gasteiger charge is -2.31. The first-order valence-corrected chi connectivity index (χ1v) is 6.39. The predicted octanol–water partition coefficient (Wildman–Crippen LogP) is 2.14. The van der Waals surface area contributed by atoms with Gasteiger partial charge in [-0.15, -0.1) is 0 Å². The van der Waals surface area contributed by atoms with Gasteiger partial charge in [0.1, 0.15) is 5.75 Å². The molecule has 0 radical (unpaired) electrons. The lowest BCUT2D eigenvalue weighted by atomic mass is 10.0.